The number of nitrogens with zero attached hydrogens (tertiary/aromatic N) is 2. The number of rotatable bonds is 7. The van der Waals surface area contributed by atoms with Crippen molar-refractivity contribution in [1.82, 2.24) is 4.57 Å². The van der Waals surface area contributed by atoms with Crippen LogP contribution in [0.2, 0.25) is 0 Å². The summed E-state index contributed by atoms with van der Waals surface area (Å²) in [6.07, 6.45) is 0.889. The fourth-order valence-electron chi connectivity index (χ4n) is 4.32. The summed E-state index contributed by atoms with van der Waals surface area (Å²) in [7, 11) is 0. The molecular formula is C26H22FN3O5. The molecule has 0 aliphatic carbocycles. The second-order valence-corrected chi connectivity index (χ2v) is 8.28. The summed E-state index contributed by atoms with van der Waals surface area (Å²) < 4.78 is 26.4. The summed E-state index contributed by atoms with van der Waals surface area (Å²) in [6.45, 7) is 0.298. The van der Waals surface area contributed by atoms with Crippen LogP contribution in [0.3, 0.4) is 0 Å². The van der Waals surface area contributed by atoms with Crippen molar-refractivity contribution in [3.63, 3.8) is 0 Å². The second-order valence-electron chi connectivity index (χ2n) is 8.28. The van der Waals surface area contributed by atoms with Crippen molar-refractivity contribution in [3.8, 4) is 11.6 Å². The van der Waals surface area contributed by atoms with Crippen LogP contribution in [0.25, 0.3) is 10.9 Å². The molecule has 0 atom stereocenters. The first-order chi connectivity index (χ1) is 17.0. The third-order valence-electron chi connectivity index (χ3n) is 5.95. The van der Waals surface area contributed by atoms with E-state index < -0.39 is 5.82 Å². The van der Waals surface area contributed by atoms with Gasteiger partial charge in [-0.05, 0) is 47.5 Å². The zero-order chi connectivity index (χ0) is 24.4. The molecule has 2 heterocycles. The lowest BCUT2D eigenvalue weighted by molar-refractivity contribution is -0.116. The Morgan fingerprint density at radius 3 is 2.77 bits per heavy atom. The first kappa shape index (κ1) is 22.5. The number of fused-ring (bicyclic) bond motifs is 2. The maximum absolute atomic E-state index is 14.2. The van der Waals surface area contributed by atoms with E-state index in [-0.39, 0.29) is 37.4 Å². The van der Waals surface area contributed by atoms with Crippen molar-refractivity contribution in [2.24, 2.45) is 5.18 Å². The molecule has 8 nitrogen and oxygen atoms in total. The Morgan fingerprint density at radius 2 is 1.97 bits per heavy atom. The van der Waals surface area contributed by atoms with Gasteiger partial charge >= 0.3 is 0 Å². The lowest BCUT2D eigenvalue weighted by atomic mass is 10.1. The minimum absolute atomic E-state index is 0.0402. The molecule has 0 spiro atoms. The van der Waals surface area contributed by atoms with Gasteiger partial charge in [0.1, 0.15) is 11.6 Å². The van der Waals surface area contributed by atoms with Crippen LogP contribution in [0, 0.1) is 10.7 Å². The highest BCUT2D eigenvalue weighted by molar-refractivity contribution is 6.00. The number of carbonyl (C=O) groups excluding carboxylic acids is 1. The topological polar surface area (TPSA) is 102 Å². The normalized spacial score (nSPS) is 12.7. The van der Waals surface area contributed by atoms with Crippen molar-refractivity contribution in [2.45, 2.75) is 26.0 Å². The Hall–Kier alpha value is -4.24. The van der Waals surface area contributed by atoms with E-state index in [0.29, 0.717) is 46.3 Å². The summed E-state index contributed by atoms with van der Waals surface area (Å²) >= 11 is 0. The summed E-state index contributed by atoms with van der Waals surface area (Å²) in [5.41, 5.74) is 2.94. The smallest absolute Gasteiger partial charge is 0.224 e. The molecule has 0 unspecified atom stereocenters. The fourth-order valence-corrected chi connectivity index (χ4v) is 4.32. The van der Waals surface area contributed by atoms with Crippen molar-refractivity contribution in [1.29, 1.82) is 0 Å². The van der Waals surface area contributed by atoms with Crippen LogP contribution in [0.1, 0.15) is 23.1 Å². The maximum Gasteiger partial charge on any atom is 0.224 e. The minimum Gasteiger partial charge on any atom is -0.493 e. The predicted octanol–water partition coefficient (Wildman–Crippen LogP) is 5.37. The molecule has 9 heteroatoms. The Bertz CT molecular complexity index is 1420. The van der Waals surface area contributed by atoms with E-state index in [2.05, 4.69) is 10.5 Å². The molecule has 0 bridgehead atoms. The number of aromatic nitrogens is 1. The number of anilines is 1. The van der Waals surface area contributed by atoms with E-state index in [1.54, 1.807) is 18.2 Å². The highest BCUT2D eigenvalue weighted by atomic mass is 19.1. The highest BCUT2D eigenvalue weighted by Gasteiger charge is 2.22. The van der Waals surface area contributed by atoms with E-state index >= 15 is 0 Å². The summed E-state index contributed by atoms with van der Waals surface area (Å²) in [6, 6.07) is 17.3. The Balaban J connectivity index is 1.42. The zero-order valence-electron chi connectivity index (χ0n) is 18.7. The summed E-state index contributed by atoms with van der Waals surface area (Å²) in [5, 5.41) is 16.9. The van der Waals surface area contributed by atoms with Crippen molar-refractivity contribution in [2.75, 3.05) is 12.1 Å². The molecule has 5 rings (SSSR count). The molecule has 0 saturated carbocycles. The first-order valence-electron chi connectivity index (χ1n) is 11.1. The lowest BCUT2D eigenvalue weighted by Crippen LogP contribution is -2.14. The van der Waals surface area contributed by atoms with E-state index in [1.807, 2.05) is 30.3 Å². The number of nitrogens with one attached hydrogen (secondary N) is 1. The molecule has 0 saturated heterocycles. The van der Waals surface area contributed by atoms with Crippen molar-refractivity contribution < 1.29 is 23.8 Å². The maximum atomic E-state index is 14.2. The van der Waals surface area contributed by atoms with Gasteiger partial charge < -0.3 is 24.5 Å². The number of halogens is 1. The van der Waals surface area contributed by atoms with Crippen LogP contribution in [-0.2, 0) is 29.1 Å². The number of benzene rings is 3. The number of aryl methyl sites for hydroxylation is 1. The van der Waals surface area contributed by atoms with Crippen molar-refractivity contribution in [3.05, 3.63) is 88.1 Å². The van der Waals surface area contributed by atoms with Gasteiger partial charge in [-0.25, -0.2) is 4.39 Å². The molecule has 1 aliphatic heterocycles. The van der Waals surface area contributed by atoms with Crippen LogP contribution in [0.5, 0.6) is 11.6 Å². The van der Waals surface area contributed by atoms with E-state index in [1.165, 1.54) is 16.7 Å². The van der Waals surface area contributed by atoms with Gasteiger partial charge in [0.2, 0.25) is 11.8 Å². The van der Waals surface area contributed by atoms with Gasteiger partial charge in [0.05, 0.1) is 18.7 Å². The summed E-state index contributed by atoms with van der Waals surface area (Å²) in [4.78, 5) is 24.0. The number of carbonyl (C=O) groups is 1. The van der Waals surface area contributed by atoms with E-state index in [9.17, 15) is 19.2 Å². The van der Waals surface area contributed by atoms with Gasteiger partial charge in [-0.3, -0.25) is 4.79 Å². The minimum atomic E-state index is -0.460. The lowest BCUT2D eigenvalue weighted by Gasteiger charge is -2.21. The van der Waals surface area contributed by atoms with Gasteiger partial charge in [-0.1, -0.05) is 30.3 Å². The van der Waals surface area contributed by atoms with Gasteiger partial charge in [0.25, 0.3) is 0 Å². The Morgan fingerprint density at radius 1 is 1.14 bits per heavy atom. The third kappa shape index (κ3) is 4.58. The number of nitroso groups, excluding NO2 is 1. The monoisotopic (exact) mass is 475 g/mol. The highest BCUT2D eigenvalue weighted by Crippen LogP contribution is 2.41. The predicted molar refractivity (Wildman–Crippen MR) is 128 cm³/mol. The molecule has 0 radical (unpaired) electrons. The molecule has 1 amide bonds. The van der Waals surface area contributed by atoms with Crippen LogP contribution < -0.4 is 10.1 Å². The third-order valence-corrected chi connectivity index (χ3v) is 5.95. The molecule has 2 N–H and O–H groups in total. The van der Waals surface area contributed by atoms with Crippen LogP contribution in [0.15, 0.2) is 65.8 Å². The molecule has 35 heavy (non-hydrogen) atoms. The molecule has 0 fully saturated rings. The van der Waals surface area contributed by atoms with Crippen LogP contribution in [0.4, 0.5) is 15.8 Å². The molecule has 178 valence electrons. The fraction of sp³-hybridized carbons (Fsp3) is 0.192. The number of hydrogen-bond acceptors (Lipinski definition) is 6. The molecular weight excluding hydrogens is 453 g/mol. The standard InChI is InChI=1S/C26H22FN3O5/c27-19-10-17(25-18(11-19)14-34-15-35-25)13-30-22-8-7-20(12-21(22)24(29-33)26(30)32)28-23(31)9-6-16-4-2-1-3-5-16/h1-5,7-8,10-12,32H,6,9,13-15H2,(H,28,31). The summed E-state index contributed by atoms with van der Waals surface area (Å²) in [5.74, 6) is -0.504. The SMILES string of the molecule is O=Nc1c(O)n(Cc2cc(F)cc3c2OCOC3)c2ccc(NC(=O)CCc3ccccc3)cc12. The van der Waals surface area contributed by atoms with Crippen LogP contribution >= 0.6 is 0 Å². The number of hydrogen-bond donors (Lipinski definition) is 2. The Labute approximate surface area is 199 Å². The first-order valence-corrected chi connectivity index (χ1v) is 11.1. The molecule has 1 aromatic heterocycles. The number of aromatic hydroxyl groups is 1. The number of amides is 1. The van der Waals surface area contributed by atoms with E-state index in [0.717, 1.165) is 5.56 Å². The molecule has 1 aliphatic rings. The number of ether oxygens (including phenoxy) is 2. The van der Waals surface area contributed by atoms with E-state index in [4.69, 9.17) is 9.47 Å². The van der Waals surface area contributed by atoms with Gasteiger partial charge in [0.15, 0.2) is 12.5 Å². The average molecular weight is 475 g/mol. The molecule has 4 aromatic rings. The van der Waals surface area contributed by atoms with Crippen LogP contribution in [-0.4, -0.2) is 22.4 Å². The average Bonchev–Trinajstić information content (AvgIpc) is 3.13. The Kier molecular flexibility index (Phi) is 6.15. The van der Waals surface area contributed by atoms with Gasteiger partial charge in [-0.2, -0.15) is 0 Å². The van der Waals surface area contributed by atoms with Gasteiger partial charge in [-0.15, -0.1) is 4.91 Å². The second kappa shape index (κ2) is 9.55. The largest absolute Gasteiger partial charge is 0.493 e. The zero-order valence-corrected chi connectivity index (χ0v) is 18.7. The quantitative estimate of drug-likeness (QED) is 0.350. The van der Waals surface area contributed by atoms with Gasteiger partial charge in [0, 0.05) is 28.6 Å². The van der Waals surface area contributed by atoms with Crippen molar-refractivity contribution >= 4 is 28.2 Å². The molecule has 3 aromatic carbocycles.